The molecule has 10 heteroatoms. The van der Waals surface area contributed by atoms with E-state index in [1.165, 1.54) is 11.0 Å². The molecule has 3 rings (SSSR count). The Hall–Kier alpha value is -3.66. The number of aliphatic carboxylic acids is 1. The molecule has 0 aliphatic heterocycles. The van der Waals surface area contributed by atoms with Crippen LogP contribution >= 0.6 is 0 Å². The molecule has 1 aromatic heterocycles. The van der Waals surface area contributed by atoms with Crippen LogP contribution in [0, 0.1) is 19.8 Å². The first-order chi connectivity index (χ1) is 18.0. The van der Waals surface area contributed by atoms with Crippen molar-refractivity contribution >= 4 is 27.8 Å². The number of anilines is 1. The first-order valence-electron chi connectivity index (χ1n) is 12.6. The van der Waals surface area contributed by atoms with Gasteiger partial charge in [-0.15, -0.1) is 0 Å². The van der Waals surface area contributed by atoms with Crippen molar-refractivity contribution < 1.29 is 27.6 Å². The van der Waals surface area contributed by atoms with Crippen molar-refractivity contribution in [2.45, 2.75) is 71.4 Å². The molecule has 1 heterocycles. The van der Waals surface area contributed by atoms with Crippen molar-refractivity contribution in [1.29, 1.82) is 0 Å². The number of hydrogen-bond acceptors (Lipinski definition) is 6. The summed E-state index contributed by atoms with van der Waals surface area (Å²) < 4.78 is 34.1. The molecule has 0 aliphatic carbocycles. The summed E-state index contributed by atoms with van der Waals surface area (Å²) >= 11 is 0. The Morgan fingerprint density at radius 1 is 1.08 bits per heavy atom. The van der Waals surface area contributed by atoms with Gasteiger partial charge < -0.3 is 14.5 Å². The number of benzene rings is 2. The van der Waals surface area contributed by atoms with Gasteiger partial charge in [0.25, 0.3) is 10.0 Å². The molecule has 0 aliphatic rings. The molecule has 1 unspecified atom stereocenters. The lowest BCUT2D eigenvalue weighted by Crippen LogP contribution is -2.47. The second-order valence-corrected chi connectivity index (χ2v) is 11.3. The molecule has 3 aromatic rings. The Bertz CT molecular complexity index is 1380. The minimum atomic E-state index is -3.98. The lowest BCUT2D eigenvalue weighted by atomic mass is 9.99. The van der Waals surface area contributed by atoms with Gasteiger partial charge in [0, 0.05) is 24.1 Å². The lowest BCUT2D eigenvalue weighted by Gasteiger charge is -2.32. The third-order valence-electron chi connectivity index (χ3n) is 6.46. The highest BCUT2D eigenvalue weighted by molar-refractivity contribution is 7.92. The number of amides is 1. The van der Waals surface area contributed by atoms with Crippen molar-refractivity contribution in [1.82, 2.24) is 10.1 Å². The van der Waals surface area contributed by atoms with Gasteiger partial charge in [-0.05, 0) is 43.4 Å². The Balaban J connectivity index is 1.91. The highest BCUT2D eigenvalue weighted by Crippen LogP contribution is 2.30. The van der Waals surface area contributed by atoms with Crippen LogP contribution in [0.3, 0.4) is 0 Å². The summed E-state index contributed by atoms with van der Waals surface area (Å²) in [6.07, 6.45) is 1.80. The van der Waals surface area contributed by atoms with E-state index in [9.17, 15) is 23.1 Å². The van der Waals surface area contributed by atoms with Crippen molar-refractivity contribution in [3.8, 4) is 11.1 Å². The summed E-state index contributed by atoms with van der Waals surface area (Å²) in [4.78, 5) is 26.5. The SMILES string of the molecule is CCCCC(=O)N(Cc1ccc(-c2ccccc2S(=O)(=O)Nc2onc(C)c2C)cc1)C(C(=O)O)C(C)C. The predicted molar refractivity (Wildman–Crippen MR) is 145 cm³/mol. The topological polar surface area (TPSA) is 130 Å². The molecule has 0 bridgehead atoms. The maximum atomic E-state index is 13.2. The molecule has 1 atom stereocenters. The second kappa shape index (κ2) is 12.3. The fourth-order valence-electron chi connectivity index (χ4n) is 4.21. The Morgan fingerprint density at radius 3 is 2.29 bits per heavy atom. The summed E-state index contributed by atoms with van der Waals surface area (Å²) in [6, 6.07) is 12.8. The summed E-state index contributed by atoms with van der Waals surface area (Å²) in [6.45, 7) is 9.14. The van der Waals surface area contributed by atoms with Crippen LogP contribution in [0.1, 0.15) is 56.9 Å². The largest absolute Gasteiger partial charge is 0.480 e. The molecule has 0 fully saturated rings. The molecule has 1 amide bonds. The Labute approximate surface area is 223 Å². The Kier molecular flexibility index (Phi) is 9.32. The van der Waals surface area contributed by atoms with Crippen LogP contribution < -0.4 is 4.72 Å². The summed E-state index contributed by atoms with van der Waals surface area (Å²) in [5.74, 6) is -1.43. The van der Waals surface area contributed by atoms with Crippen LogP contribution in [0.25, 0.3) is 11.1 Å². The van der Waals surface area contributed by atoms with E-state index in [1.807, 2.05) is 6.92 Å². The lowest BCUT2D eigenvalue weighted by molar-refractivity contribution is -0.153. The molecular weight excluding hydrogens is 506 g/mol. The third-order valence-corrected chi connectivity index (χ3v) is 7.85. The summed E-state index contributed by atoms with van der Waals surface area (Å²) in [5.41, 5.74) is 3.09. The van der Waals surface area contributed by atoms with Crippen molar-refractivity contribution in [3.05, 3.63) is 65.4 Å². The highest BCUT2D eigenvalue weighted by atomic mass is 32.2. The fourth-order valence-corrected chi connectivity index (χ4v) is 5.48. The van der Waals surface area contributed by atoms with Crippen LogP contribution in [0.2, 0.25) is 0 Å². The van der Waals surface area contributed by atoms with Crippen LogP contribution in [0.15, 0.2) is 57.9 Å². The van der Waals surface area contributed by atoms with Gasteiger partial charge in [0.2, 0.25) is 11.8 Å². The van der Waals surface area contributed by atoms with Crippen molar-refractivity contribution in [3.63, 3.8) is 0 Å². The number of sulfonamides is 1. The van der Waals surface area contributed by atoms with Gasteiger partial charge >= 0.3 is 5.97 Å². The van der Waals surface area contributed by atoms with Crippen molar-refractivity contribution in [2.24, 2.45) is 5.92 Å². The van der Waals surface area contributed by atoms with Gasteiger partial charge in [-0.1, -0.05) is 74.8 Å². The van der Waals surface area contributed by atoms with Crippen LogP contribution in [-0.2, 0) is 26.2 Å². The molecular formula is C28H35N3O6S. The Morgan fingerprint density at radius 2 is 1.74 bits per heavy atom. The standard InChI is InChI=1S/C28H35N3O6S/c1-6-7-12-25(32)31(26(18(2)3)28(33)34)17-21-13-15-22(16-14-21)23-10-8-9-11-24(23)38(35,36)30-27-19(4)20(5)29-37-27/h8-11,13-16,18,26,30H,6-7,12,17H2,1-5H3,(H,33,34). The number of unbranched alkanes of at least 4 members (excludes halogenated alkanes) is 1. The number of carbonyl (C=O) groups excluding carboxylic acids is 1. The maximum absolute atomic E-state index is 13.2. The number of carboxylic acid groups (broad SMARTS) is 1. The third kappa shape index (κ3) is 6.61. The number of carboxylic acids is 1. The predicted octanol–water partition coefficient (Wildman–Crippen LogP) is 5.39. The smallest absolute Gasteiger partial charge is 0.326 e. The molecule has 0 saturated heterocycles. The van der Waals surface area contributed by atoms with E-state index >= 15 is 0 Å². The van der Waals surface area contributed by atoms with Crippen molar-refractivity contribution in [2.75, 3.05) is 4.72 Å². The molecule has 2 aromatic carbocycles. The van der Waals surface area contributed by atoms with E-state index in [-0.39, 0.29) is 35.6 Å². The summed E-state index contributed by atoms with van der Waals surface area (Å²) in [5, 5.41) is 13.6. The van der Waals surface area contributed by atoms with E-state index in [2.05, 4.69) is 9.88 Å². The van der Waals surface area contributed by atoms with Gasteiger partial charge in [0.15, 0.2) is 0 Å². The maximum Gasteiger partial charge on any atom is 0.326 e. The van der Waals surface area contributed by atoms with Crippen LogP contribution in [0.5, 0.6) is 0 Å². The number of nitrogens with one attached hydrogen (secondary N) is 1. The number of carbonyl (C=O) groups is 2. The van der Waals surface area contributed by atoms with E-state index in [0.29, 0.717) is 28.8 Å². The zero-order valence-corrected chi connectivity index (χ0v) is 23.2. The van der Waals surface area contributed by atoms with Gasteiger partial charge in [0.1, 0.15) is 6.04 Å². The number of aryl methyl sites for hydroxylation is 1. The summed E-state index contributed by atoms with van der Waals surface area (Å²) in [7, 11) is -3.98. The van der Waals surface area contributed by atoms with E-state index in [0.717, 1.165) is 12.0 Å². The fraction of sp³-hybridized carbons (Fsp3) is 0.393. The quantitative estimate of drug-likeness (QED) is 0.314. The van der Waals surface area contributed by atoms with Gasteiger partial charge in [0.05, 0.1) is 10.6 Å². The van der Waals surface area contributed by atoms with E-state index in [4.69, 9.17) is 4.52 Å². The van der Waals surface area contributed by atoms with Crippen LogP contribution in [0.4, 0.5) is 5.88 Å². The van der Waals surface area contributed by atoms with E-state index in [1.54, 1.807) is 70.2 Å². The minimum Gasteiger partial charge on any atom is -0.480 e. The molecule has 0 radical (unpaired) electrons. The van der Waals surface area contributed by atoms with Crippen LogP contribution in [-0.4, -0.2) is 41.5 Å². The average molecular weight is 542 g/mol. The number of rotatable bonds is 12. The number of nitrogens with zero attached hydrogens (tertiary/aromatic N) is 2. The minimum absolute atomic E-state index is 0.0682. The molecule has 2 N–H and O–H groups in total. The highest BCUT2D eigenvalue weighted by Gasteiger charge is 2.32. The van der Waals surface area contributed by atoms with Gasteiger partial charge in [-0.2, -0.15) is 0 Å². The first-order valence-corrected chi connectivity index (χ1v) is 14.1. The van der Waals surface area contributed by atoms with Gasteiger partial charge in [-0.3, -0.25) is 4.79 Å². The molecule has 9 nitrogen and oxygen atoms in total. The molecule has 0 spiro atoms. The second-order valence-electron chi connectivity index (χ2n) is 9.67. The first kappa shape index (κ1) is 28.9. The van der Waals surface area contributed by atoms with Gasteiger partial charge in [-0.25, -0.2) is 17.9 Å². The normalized spacial score (nSPS) is 12.4. The van der Waals surface area contributed by atoms with E-state index < -0.39 is 22.0 Å². The molecule has 0 saturated carbocycles. The number of aromatic nitrogens is 1. The molecule has 38 heavy (non-hydrogen) atoms. The monoisotopic (exact) mass is 541 g/mol. The zero-order chi connectivity index (χ0) is 28.0. The average Bonchev–Trinajstić information content (AvgIpc) is 3.18. The number of hydrogen-bond donors (Lipinski definition) is 2. The molecule has 204 valence electrons. The zero-order valence-electron chi connectivity index (χ0n) is 22.4.